The van der Waals surface area contributed by atoms with Gasteiger partial charge in [-0.3, -0.25) is 0 Å². The third kappa shape index (κ3) is 3.73. The van der Waals surface area contributed by atoms with E-state index in [9.17, 15) is 0 Å². The van der Waals surface area contributed by atoms with E-state index in [0.717, 1.165) is 28.1 Å². The predicted octanol–water partition coefficient (Wildman–Crippen LogP) is 4.55. The molecule has 0 aliphatic rings. The number of nitrogens with two attached hydrogens (primary N) is 1. The highest BCUT2D eigenvalue weighted by atomic mass is 32.1. The number of thiazole rings is 1. The van der Waals surface area contributed by atoms with E-state index < -0.39 is 0 Å². The van der Waals surface area contributed by atoms with E-state index in [0.29, 0.717) is 0 Å². The monoisotopic (exact) mass is 308 g/mol. The average Bonchev–Trinajstić information content (AvgIpc) is 3.01. The molecule has 3 rings (SSSR count). The van der Waals surface area contributed by atoms with Crippen LogP contribution in [0.15, 0.2) is 48.5 Å². The molecule has 0 saturated heterocycles. The SMILES string of the molecule is C#Cc1cccc(CC(N)c2nc3ccccc3s2)c1.CC. The van der Waals surface area contributed by atoms with E-state index in [2.05, 4.69) is 17.0 Å². The van der Waals surface area contributed by atoms with Crippen molar-refractivity contribution >= 4 is 21.6 Å². The predicted molar refractivity (Wildman–Crippen MR) is 96.0 cm³/mol. The summed E-state index contributed by atoms with van der Waals surface area (Å²) in [6, 6.07) is 16.0. The van der Waals surface area contributed by atoms with Crippen molar-refractivity contribution in [1.82, 2.24) is 4.98 Å². The Hall–Kier alpha value is -2.15. The summed E-state index contributed by atoms with van der Waals surface area (Å²) in [6.45, 7) is 4.00. The van der Waals surface area contributed by atoms with E-state index in [4.69, 9.17) is 12.2 Å². The quantitative estimate of drug-likeness (QED) is 0.721. The zero-order valence-electron chi connectivity index (χ0n) is 12.9. The Balaban J connectivity index is 0.000000847. The molecule has 0 fully saturated rings. The van der Waals surface area contributed by atoms with Crippen LogP contribution in [0.2, 0.25) is 0 Å². The lowest BCUT2D eigenvalue weighted by Gasteiger charge is -2.08. The molecule has 2 N–H and O–H groups in total. The van der Waals surface area contributed by atoms with Crippen molar-refractivity contribution in [3.63, 3.8) is 0 Å². The van der Waals surface area contributed by atoms with Gasteiger partial charge in [0, 0.05) is 5.56 Å². The zero-order chi connectivity index (χ0) is 15.9. The molecule has 0 saturated carbocycles. The number of benzene rings is 2. The minimum absolute atomic E-state index is 0.0968. The summed E-state index contributed by atoms with van der Waals surface area (Å²) in [5.41, 5.74) is 9.33. The molecule has 0 aliphatic heterocycles. The van der Waals surface area contributed by atoms with Gasteiger partial charge in [0.05, 0.1) is 16.3 Å². The second kappa shape index (κ2) is 7.74. The van der Waals surface area contributed by atoms with Crippen LogP contribution in [0.25, 0.3) is 10.2 Å². The van der Waals surface area contributed by atoms with Crippen LogP contribution in [0.5, 0.6) is 0 Å². The van der Waals surface area contributed by atoms with Gasteiger partial charge in [-0.1, -0.05) is 44.0 Å². The molecule has 112 valence electrons. The summed E-state index contributed by atoms with van der Waals surface area (Å²) in [4.78, 5) is 4.60. The van der Waals surface area contributed by atoms with Crippen molar-refractivity contribution in [2.45, 2.75) is 26.3 Å². The zero-order valence-corrected chi connectivity index (χ0v) is 13.7. The Labute approximate surface area is 136 Å². The fourth-order valence-corrected chi connectivity index (χ4v) is 3.15. The fraction of sp³-hybridized carbons (Fsp3) is 0.211. The van der Waals surface area contributed by atoms with Crippen LogP contribution in [-0.4, -0.2) is 4.98 Å². The Morgan fingerprint density at radius 2 is 1.95 bits per heavy atom. The summed E-state index contributed by atoms with van der Waals surface area (Å²) in [6.07, 6.45) is 6.17. The summed E-state index contributed by atoms with van der Waals surface area (Å²) < 4.78 is 1.18. The molecule has 1 aromatic heterocycles. The first-order valence-electron chi connectivity index (χ1n) is 7.43. The van der Waals surface area contributed by atoms with E-state index >= 15 is 0 Å². The standard InChI is InChI=1S/C17H14N2S.C2H6/c1-2-12-6-5-7-13(10-12)11-14(18)17-19-15-8-3-4-9-16(15)20-17;1-2/h1,3-10,14H,11,18H2;1-2H3. The van der Waals surface area contributed by atoms with Gasteiger partial charge in [0.1, 0.15) is 5.01 Å². The molecule has 0 spiro atoms. The largest absolute Gasteiger partial charge is 0.322 e. The Kier molecular flexibility index (Phi) is 5.71. The van der Waals surface area contributed by atoms with Gasteiger partial charge in [0.2, 0.25) is 0 Å². The third-order valence-electron chi connectivity index (χ3n) is 3.18. The van der Waals surface area contributed by atoms with E-state index in [1.165, 1.54) is 4.70 Å². The first-order chi connectivity index (χ1) is 10.8. The van der Waals surface area contributed by atoms with Crippen LogP contribution in [0.4, 0.5) is 0 Å². The maximum absolute atomic E-state index is 6.28. The molecule has 1 unspecified atom stereocenters. The highest BCUT2D eigenvalue weighted by Gasteiger charge is 2.12. The van der Waals surface area contributed by atoms with Crippen molar-refractivity contribution in [3.8, 4) is 12.3 Å². The second-order valence-electron chi connectivity index (χ2n) is 4.68. The smallest absolute Gasteiger partial charge is 0.111 e. The van der Waals surface area contributed by atoms with Gasteiger partial charge in [0.15, 0.2) is 0 Å². The van der Waals surface area contributed by atoms with Gasteiger partial charge in [-0.05, 0) is 36.2 Å². The van der Waals surface area contributed by atoms with Gasteiger partial charge >= 0.3 is 0 Å². The van der Waals surface area contributed by atoms with Gasteiger partial charge in [0.25, 0.3) is 0 Å². The molecular formula is C19H20N2S. The number of para-hydroxylation sites is 1. The molecule has 3 aromatic rings. The highest BCUT2D eigenvalue weighted by molar-refractivity contribution is 7.18. The Bertz CT molecular complexity index is 750. The first-order valence-corrected chi connectivity index (χ1v) is 8.24. The van der Waals surface area contributed by atoms with Gasteiger partial charge < -0.3 is 5.73 Å². The van der Waals surface area contributed by atoms with E-state index in [1.54, 1.807) is 11.3 Å². The molecule has 0 bridgehead atoms. The van der Waals surface area contributed by atoms with Crippen LogP contribution in [0, 0.1) is 12.3 Å². The maximum atomic E-state index is 6.28. The Morgan fingerprint density at radius 1 is 1.18 bits per heavy atom. The van der Waals surface area contributed by atoms with Crippen LogP contribution >= 0.6 is 11.3 Å². The molecule has 1 atom stereocenters. The van der Waals surface area contributed by atoms with Crippen LogP contribution < -0.4 is 5.73 Å². The number of terminal acetylenes is 1. The Morgan fingerprint density at radius 3 is 2.68 bits per heavy atom. The van der Waals surface area contributed by atoms with Crippen LogP contribution in [0.3, 0.4) is 0 Å². The highest BCUT2D eigenvalue weighted by Crippen LogP contribution is 2.27. The van der Waals surface area contributed by atoms with Crippen molar-refractivity contribution in [1.29, 1.82) is 0 Å². The molecule has 1 heterocycles. The lowest BCUT2D eigenvalue weighted by molar-refractivity contribution is 0.717. The molecular weight excluding hydrogens is 288 g/mol. The van der Waals surface area contributed by atoms with Crippen LogP contribution in [-0.2, 0) is 6.42 Å². The molecule has 3 heteroatoms. The average molecular weight is 308 g/mol. The molecule has 0 amide bonds. The lowest BCUT2D eigenvalue weighted by Crippen LogP contribution is -2.13. The topological polar surface area (TPSA) is 38.9 Å². The minimum atomic E-state index is -0.0968. The summed E-state index contributed by atoms with van der Waals surface area (Å²) >= 11 is 1.66. The molecule has 0 aliphatic carbocycles. The lowest BCUT2D eigenvalue weighted by atomic mass is 10.0. The summed E-state index contributed by atoms with van der Waals surface area (Å²) in [5, 5.41) is 0.970. The molecule has 22 heavy (non-hydrogen) atoms. The number of nitrogens with zero attached hydrogens (tertiary/aromatic N) is 1. The van der Waals surface area contributed by atoms with Crippen molar-refractivity contribution in [3.05, 3.63) is 64.7 Å². The number of hydrogen-bond acceptors (Lipinski definition) is 3. The third-order valence-corrected chi connectivity index (χ3v) is 4.35. The number of fused-ring (bicyclic) bond motifs is 1. The first kappa shape index (κ1) is 16.2. The number of hydrogen-bond donors (Lipinski definition) is 1. The molecule has 0 radical (unpaired) electrons. The second-order valence-corrected chi connectivity index (χ2v) is 5.74. The fourth-order valence-electron chi connectivity index (χ4n) is 2.18. The number of aromatic nitrogens is 1. The van der Waals surface area contributed by atoms with Crippen molar-refractivity contribution in [2.75, 3.05) is 0 Å². The maximum Gasteiger partial charge on any atom is 0.111 e. The van der Waals surface area contributed by atoms with E-state index in [-0.39, 0.29) is 6.04 Å². The normalized spacial score (nSPS) is 11.4. The van der Waals surface area contributed by atoms with Crippen LogP contribution in [0.1, 0.15) is 36.0 Å². The van der Waals surface area contributed by atoms with Gasteiger partial charge in [-0.25, -0.2) is 4.98 Å². The summed E-state index contributed by atoms with van der Waals surface area (Å²) in [5.74, 6) is 2.65. The number of rotatable bonds is 3. The minimum Gasteiger partial charge on any atom is -0.322 e. The van der Waals surface area contributed by atoms with Crippen molar-refractivity contribution in [2.24, 2.45) is 5.73 Å². The van der Waals surface area contributed by atoms with Gasteiger partial charge in [-0.2, -0.15) is 0 Å². The van der Waals surface area contributed by atoms with E-state index in [1.807, 2.05) is 56.3 Å². The molecule has 2 nitrogen and oxygen atoms in total. The molecule has 2 aromatic carbocycles. The van der Waals surface area contributed by atoms with Gasteiger partial charge in [-0.15, -0.1) is 17.8 Å². The van der Waals surface area contributed by atoms with Crippen molar-refractivity contribution < 1.29 is 0 Å². The summed E-state index contributed by atoms with van der Waals surface area (Å²) in [7, 11) is 0.